The lowest BCUT2D eigenvalue weighted by molar-refractivity contribution is -0.123. The maximum atomic E-state index is 12.8. The van der Waals surface area contributed by atoms with Crippen LogP contribution in [-0.2, 0) is 4.79 Å². The van der Waals surface area contributed by atoms with Gasteiger partial charge >= 0.3 is 0 Å². The molecular weight excluding hydrogens is 298 g/mol. The molecule has 2 amide bonds. The van der Waals surface area contributed by atoms with E-state index in [-0.39, 0.29) is 11.8 Å². The van der Waals surface area contributed by atoms with Crippen LogP contribution < -0.4 is 10.6 Å². The van der Waals surface area contributed by atoms with Crippen LogP contribution in [-0.4, -0.2) is 42.9 Å². The van der Waals surface area contributed by atoms with Crippen LogP contribution in [0.5, 0.6) is 0 Å². The lowest BCUT2D eigenvalue weighted by Crippen LogP contribution is -2.46. The summed E-state index contributed by atoms with van der Waals surface area (Å²) in [5.74, 6) is -0.0457. The van der Waals surface area contributed by atoms with Gasteiger partial charge in [0.15, 0.2) is 0 Å². The molecule has 0 bridgehead atoms. The van der Waals surface area contributed by atoms with Crippen molar-refractivity contribution in [3.8, 4) is 0 Å². The summed E-state index contributed by atoms with van der Waals surface area (Å²) in [5.41, 5.74) is 1.14. The monoisotopic (exact) mass is 323 g/mol. The summed E-state index contributed by atoms with van der Waals surface area (Å²) in [6, 6.07) is 0. The van der Waals surface area contributed by atoms with Crippen molar-refractivity contribution >= 4 is 28.2 Å². The minimum atomic E-state index is -0.485. The fourth-order valence-electron chi connectivity index (χ4n) is 2.29. The van der Waals surface area contributed by atoms with E-state index in [0.29, 0.717) is 23.7 Å². The number of carbonyl (C=O) groups excluding carboxylic acids is 2. The fraction of sp³-hybridized carbons (Fsp3) is 0.625. The Labute approximate surface area is 136 Å². The molecule has 0 spiro atoms. The summed E-state index contributed by atoms with van der Waals surface area (Å²) < 4.78 is 0. The van der Waals surface area contributed by atoms with E-state index >= 15 is 0 Å². The molecule has 2 N–H and O–H groups in total. The Bertz CT molecular complexity index is 581. The predicted octanol–water partition coefficient (Wildman–Crippen LogP) is 2.39. The molecule has 122 valence electrons. The molecule has 2 rings (SSSR count). The second-order valence-electron chi connectivity index (χ2n) is 6.73. The molecule has 22 heavy (non-hydrogen) atoms. The summed E-state index contributed by atoms with van der Waals surface area (Å²) in [7, 11) is 0. The van der Waals surface area contributed by atoms with Crippen LogP contribution in [0.4, 0.5) is 5.00 Å². The fourth-order valence-corrected chi connectivity index (χ4v) is 3.34. The molecule has 1 aromatic heterocycles. The maximum absolute atomic E-state index is 12.8. The largest absolute Gasteiger partial charge is 0.336 e. The highest BCUT2D eigenvalue weighted by atomic mass is 32.1. The molecule has 0 unspecified atom stereocenters. The third kappa shape index (κ3) is 3.50. The van der Waals surface area contributed by atoms with Crippen LogP contribution in [0.25, 0.3) is 0 Å². The Morgan fingerprint density at radius 3 is 2.32 bits per heavy atom. The number of thiophene rings is 1. The average molecular weight is 323 g/mol. The quantitative estimate of drug-likeness (QED) is 0.878. The van der Waals surface area contributed by atoms with Crippen molar-refractivity contribution in [1.82, 2.24) is 10.2 Å². The van der Waals surface area contributed by atoms with Crippen LogP contribution in [0.15, 0.2) is 0 Å². The Morgan fingerprint density at radius 1 is 1.18 bits per heavy atom. The Kier molecular flexibility index (Phi) is 4.92. The summed E-state index contributed by atoms with van der Waals surface area (Å²) in [6.07, 6.45) is 0. The molecule has 0 saturated carbocycles. The molecule has 1 saturated heterocycles. The molecule has 0 atom stereocenters. The van der Waals surface area contributed by atoms with Crippen LogP contribution in [0.1, 0.15) is 41.6 Å². The SMILES string of the molecule is Cc1sc(NC(=O)C(C)(C)C)c(C(=O)N2CCNCC2)c1C. The number of piperazine rings is 1. The molecule has 0 radical (unpaired) electrons. The zero-order valence-corrected chi connectivity index (χ0v) is 14.8. The maximum Gasteiger partial charge on any atom is 0.257 e. The standard InChI is InChI=1S/C16H25N3O2S/c1-10-11(2)22-13(18-15(21)16(3,4)5)12(10)14(20)19-8-6-17-7-9-19/h17H,6-9H2,1-5H3,(H,18,21). The number of nitrogens with zero attached hydrogens (tertiary/aromatic N) is 1. The smallest absolute Gasteiger partial charge is 0.257 e. The van der Waals surface area contributed by atoms with Gasteiger partial charge in [0, 0.05) is 36.5 Å². The van der Waals surface area contributed by atoms with Crippen molar-refractivity contribution in [3.63, 3.8) is 0 Å². The van der Waals surface area contributed by atoms with Crippen molar-refractivity contribution in [1.29, 1.82) is 0 Å². The van der Waals surface area contributed by atoms with E-state index in [9.17, 15) is 9.59 Å². The second kappa shape index (κ2) is 6.38. The van der Waals surface area contributed by atoms with Gasteiger partial charge in [-0.25, -0.2) is 0 Å². The van der Waals surface area contributed by atoms with Crippen molar-refractivity contribution in [2.75, 3.05) is 31.5 Å². The zero-order valence-electron chi connectivity index (χ0n) is 14.0. The molecule has 0 aromatic carbocycles. The van der Waals surface area contributed by atoms with Crippen LogP contribution in [0.3, 0.4) is 0 Å². The average Bonchev–Trinajstić information content (AvgIpc) is 2.73. The van der Waals surface area contributed by atoms with Crippen LogP contribution in [0, 0.1) is 19.3 Å². The minimum Gasteiger partial charge on any atom is -0.336 e. The number of anilines is 1. The number of carbonyl (C=O) groups is 2. The van der Waals surface area contributed by atoms with Crippen molar-refractivity contribution < 1.29 is 9.59 Å². The first-order valence-corrected chi connectivity index (χ1v) is 8.45. The normalized spacial score (nSPS) is 15.8. The molecule has 2 heterocycles. The number of hydrogen-bond acceptors (Lipinski definition) is 4. The van der Waals surface area contributed by atoms with Gasteiger partial charge in [0.2, 0.25) is 5.91 Å². The molecule has 1 aliphatic rings. The van der Waals surface area contributed by atoms with Crippen molar-refractivity contribution in [2.24, 2.45) is 5.41 Å². The molecule has 6 heteroatoms. The first-order valence-electron chi connectivity index (χ1n) is 7.63. The van der Waals surface area contributed by atoms with Crippen molar-refractivity contribution in [3.05, 3.63) is 16.0 Å². The summed E-state index contributed by atoms with van der Waals surface area (Å²) in [5, 5.41) is 6.87. The number of rotatable bonds is 2. The summed E-state index contributed by atoms with van der Waals surface area (Å²) in [4.78, 5) is 28.0. The Balaban J connectivity index is 2.30. The first kappa shape index (κ1) is 17.0. The summed E-state index contributed by atoms with van der Waals surface area (Å²) in [6.45, 7) is 12.6. The van der Waals surface area contributed by atoms with Crippen molar-refractivity contribution in [2.45, 2.75) is 34.6 Å². The lowest BCUT2D eigenvalue weighted by atomic mass is 9.95. The van der Waals surface area contributed by atoms with Gasteiger partial charge in [0.1, 0.15) is 5.00 Å². The molecule has 1 aromatic rings. The highest BCUT2D eigenvalue weighted by Gasteiger charge is 2.28. The lowest BCUT2D eigenvalue weighted by Gasteiger charge is -2.28. The number of hydrogen-bond donors (Lipinski definition) is 2. The second-order valence-corrected chi connectivity index (χ2v) is 7.96. The van der Waals surface area contributed by atoms with E-state index in [1.54, 1.807) is 0 Å². The van der Waals surface area contributed by atoms with Gasteiger partial charge in [-0.1, -0.05) is 20.8 Å². The van der Waals surface area contributed by atoms with Gasteiger partial charge in [-0.15, -0.1) is 11.3 Å². The third-order valence-corrected chi connectivity index (χ3v) is 5.03. The predicted molar refractivity (Wildman–Crippen MR) is 90.7 cm³/mol. The van der Waals surface area contributed by atoms with Gasteiger partial charge in [-0.3, -0.25) is 9.59 Å². The van der Waals surface area contributed by atoms with Gasteiger partial charge in [0.05, 0.1) is 5.56 Å². The Hall–Kier alpha value is -1.40. The van der Waals surface area contributed by atoms with E-state index in [1.807, 2.05) is 39.5 Å². The number of amides is 2. The van der Waals surface area contributed by atoms with E-state index in [0.717, 1.165) is 23.5 Å². The molecular formula is C16H25N3O2S. The van der Waals surface area contributed by atoms with Crippen LogP contribution >= 0.6 is 11.3 Å². The molecule has 0 aliphatic carbocycles. The Morgan fingerprint density at radius 2 is 1.77 bits per heavy atom. The molecule has 1 fully saturated rings. The molecule has 5 nitrogen and oxygen atoms in total. The van der Waals surface area contributed by atoms with Gasteiger partial charge in [0.25, 0.3) is 5.91 Å². The van der Waals surface area contributed by atoms with E-state index in [1.165, 1.54) is 11.3 Å². The topological polar surface area (TPSA) is 61.4 Å². The van der Waals surface area contributed by atoms with Gasteiger partial charge in [-0.05, 0) is 19.4 Å². The molecule has 1 aliphatic heterocycles. The zero-order chi connectivity index (χ0) is 16.5. The third-order valence-electron chi connectivity index (χ3n) is 3.91. The minimum absolute atomic E-state index is 0.0209. The van der Waals surface area contributed by atoms with Crippen LogP contribution in [0.2, 0.25) is 0 Å². The van der Waals surface area contributed by atoms with E-state index in [2.05, 4.69) is 10.6 Å². The highest BCUT2D eigenvalue weighted by Crippen LogP contribution is 2.34. The van der Waals surface area contributed by atoms with Gasteiger partial charge in [-0.2, -0.15) is 0 Å². The van der Waals surface area contributed by atoms with E-state index < -0.39 is 5.41 Å². The highest BCUT2D eigenvalue weighted by molar-refractivity contribution is 7.16. The number of aryl methyl sites for hydroxylation is 1. The first-order chi connectivity index (χ1) is 10.2. The number of nitrogens with one attached hydrogen (secondary N) is 2. The summed E-state index contributed by atoms with van der Waals surface area (Å²) >= 11 is 1.48. The van der Waals surface area contributed by atoms with Gasteiger partial charge < -0.3 is 15.5 Å². The van der Waals surface area contributed by atoms with E-state index in [4.69, 9.17) is 0 Å².